The highest BCUT2D eigenvalue weighted by Gasteiger charge is 2.56. The first-order valence-corrected chi connectivity index (χ1v) is 23.0. The largest absolute Gasteiger partial charge is 0.453 e. The summed E-state index contributed by atoms with van der Waals surface area (Å²) in [5.74, 6) is 1.81. The van der Waals surface area contributed by atoms with Crippen LogP contribution >= 0.6 is 0 Å². The number of H-pyrrole nitrogens is 2. The van der Waals surface area contributed by atoms with Gasteiger partial charge in [0.25, 0.3) is 11.8 Å². The van der Waals surface area contributed by atoms with Gasteiger partial charge >= 0.3 is 12.2 Å². The molecule has 4 aliphatic rings. The lowest BCUT2D eigenvalue weighted by atomic mass is 9.96. The SMILES string of the molecule is COC(=O)N[C@@H](C(=O)N1[C@@H]2CCC(C2)[C@H]1c1nc2c(ccc3cc(-c4ccc5c(ccc6[nH]c([C@@H]7C[C@H]8C[C@H]8N7C(=O)[C@H](NC(=O)OC)c7ccccc7)nc65)c4)ccc32)[nH]1)c1ccccc1. The molecule has 67 heavy (non-hydrogen) atoms. The summed E-state index contributed by atoms with van der Waals surface area (Å²) < 4.78 is 9.84. The van der Waals surface area contributed by atoms with E-state index >= 15 is 0 Å². The fourth-order valence-corrected chi connectivity index (χ4v) is 11.5. The Hall–Kier alpha value is -7.74. The fraction of sp³-hybridized carbons (Fsp3) is 0.283. The predicted molar refractivity (Wildman–Crippen MR) is 252 cm³/mol. The minimum Gasteiger partial charge on any atom is -0.453 e. The Bertz CT molecular complexity index is 3280. The van der Waals surface area contributed by atoms with Crippen molar-refractivity contribution in [3.05, 3.63) is 144 Å². The lowest BCUT2D eigenvalue weighted by Gasteiger charge is -2.36. The van der Waals surface area contributed by atoms with Crippen LogP contribution in [-0.4, -0.2) is 80.0 Å². The summed E-state index contributed by atoms with van der Waals surface area (Å²) in [5, 5.41) is 9.70. The van der Waals surface area contributed by atoms with Crippen LogP contribution in [0.3, 0.4) is 0 Å². The number of ether oxygens (including phenoxy) is 2. The molecule has 1 unspecified atom stereocenters. The van der Waals surface area contributed by atoms with E-state index in [0.29, 0.717) is 17.0 Å². The van der Waals surface area contributed by atoms with Crippen LogP contribution in [0.2, 0.25) is 0 Å². The molecule has 12 rings (SSSR count). The van der Waals surface area contributed by atoms with E-state index in [1.54, 1.807) is 0 Å². The topological polar surface area (TPSA) is 175 Å². The van der Waals surface area contributed by atoms with E-state index in [0.717, 1.165) is 98.5 Å². The van der Waals surface area contributed by atoms with Crippen molar-refractivity contribution >= 4 is 67.6 Å². The number of imidazole rings is 2. The molecular weight excluding hydrogens is 845 g/mol. The molecule has 4 amide bonds. The number of nitrogens with zero attached hydrogens (tertiary/aromatic N) is 4. The van der Waals surface area contributed by atoms with E-state index in [-0.39, 0.29) is 41.9 Å². The number of likely N-dealkylation sites (tertiary alicyclic amines) is 2. The maximum atomic E-state index is 14.5. The molecule has 2 aliphatic heterocycles. The molecule has 2 bridgehead atoms. The molecule has 8 atom stereocenters. The molecule has 14 heteroatoms. The number of nitrogens with one attached hydrogen (secondary N) is 4. The van der Waals surface area contributed by atoms with Gasteiger partial charge in [-0.15, -0.1) is 0 Å². The fourth-order valence-electron chi connectivity index (χ4n) is 11.5. The summed E-state index contributed by atoms with van der Waals surface area (Å²) in [6.07, 6.45) is 3.24. The number of aromatic amines is 2. The molecule has 336 valence electrons. The van der Waals surface area contributed by atoms with Gasteiger partial charge in [0.2, 0.25) is 0 Å². The van der Waals surface area contributed by atoms with Gasteiger partial charge in [0.15, 0.2) is 0 Å². The number of carbonyl (C=O) groups is 4. The zero-order chi connectivity index (χ0) is 45.5. The lowest BCUT2D eigenvalue weighted by Crippen LogP contribution is -2.47. The van der Waals surface area contributed by atoms with Gasteiger partial charge in [-0.05, 0) is 101 Å². The quantitative estimate of drug-likeness (QED) is 0.111. The zero-order valence-corrected chi connectivity index (χ0v) is 36.9. The Morgan fingerprint density at radius 3 is 1.70 bits per heavy atom. The van der Waals surface area contributed by atoms with E-state index in [2.05, 4.69) is 81.3 Å². The van der Waals surface area contributed by atoms with Gasteiger partial charge in [-0.1, -0.05) is 97.1 Å². The highest BCUT2D eigenvalue weighted by Crippen LogP contribution is 2.54. The van der Waals surface area contributed by atoms with Crippen molar-refractivity contribution in [1.82, 2.24) is 40.4 Å². The van der Waals surface area contributed by atoms with Crippen LogP contribution in [0.4, 0.5) is 9.59 Å². The molecule has 4 fully saturated rings. The third-order valence-corrected chi connectivity index (χ3v) is 14.8. The third kappa shape index (κ3) is 6.92. The number of aromatic nitrogens is 4. The number of rotatable bonds is 9. The van der Waals surface area contributed by atoms with E-state index in [4.69, 9.17) is 19.4 Å². The van der Waals surface area contributed by atoms with Crippen LogP contribution in [0.5, 0.6) is 0 Å². The maximum Gasteiger partial charge on any atom is 0.407 e. The van der Waals surface area contributed by atoms with Gasteiger partial charge in [0.05, 0.1) is 48.4 Å². The lowest BCUT2D eigenvalue weighted by molar-refractivity contribution is -0.138. The summed E-state index contributed by atoms with van der Waals surface area (Å²) in [7, 11) is 2.60. The summed E-state index contributed by atoms with van der Waals surface area (Å²) in [6, 6.07) is 37.7. The van der Waals surface area contributed by atoms with Gasteiger partial charge in [-0.3, -0.25) is 9.59 Å². The maximum absolute atomic E-state index is 14.5. The van der Waals surface area contributed by atoms with Crippen LogP contribution in [0.15, 0.2) is 121 Å². The number of methoxy groups -OCH3 is 2. The van der Waals surface area contributed by atoms with Crippen molar-refractivity contribution in [3.63, 3.8) is 0 Å². The van der Waals surface area contributed by atoms with Crippen molar-refractivity contribution in [2.24, 2.45) is 11.8 Å². The van der Waals surface area contributed by atoms with Crippen molar-refractivity contribution in [3.8, 4) is 11.1 Å². The van der Waals surface area contributed by atoms with E-state index < -0.39 is 24.3 Å². The van der Waals surface area contributed by atoms with Gasteiger partial charge < -0.3 is 39.9 Å². The van der Waals surface area contributed by atoms with E-state index in [1.807, 2.05) is 70.5 Å². The molecule has 8 aromatic rings. The van der Waals surface area contributed by atoms with Gasteiger partial charge in [-0.2, -0.15) is 0 Å². The highest BCUT2D eigenvalue weighted by molar-refractivity contribution is 6.07. The second-order valence-electron chi connectivity index (χ2n) is 18.5. The summed E-state index contributed by atoms with van der Waals surface area (Å²) >= 11 is 0. The van der Waals surface area contributed by atoms with Gasteiger partial charge in [-0.25, -0.2) is 19.6 Å². The van der Waals surface area contributed by atoms with E-state index in [9.17, 15) is 19.2 Å². The Balaban J connectivity index is 0.826. The molecule has 2 aliphatic carbocycles. The van der Waals surface area contributed by atoms with Crippen LogP contribution in [0, 0.1) is 11.8 Å². The molecule has 2 saturated heterocycles. The Kier molecular flexibility index (Phi) is 9.73. The Morgan fingerprint density at radius 2 is 1.13 bits per heavy atom. The first-order chi connectivity index (χ1) is 32.7. The van der Waals surface area contributed by atoms with Crippen molar-refractivity contribution < 1.29 is 28.7 Å². The van der Waals surface area contributed by atoms with Crippen molar-refractivity contribution in [2.45, 2.75) is 68.4 Å². The Morgan fingerprint density at radius 1 is 0.597 bits per heavy atom. The zero-order valence-electron chi connectivity index (χ0n) is 36.9. The third-order valence-electron chi connectivity index (χ3n) is 14.8. The molecule has 14 nitrogen and oxygen atoms in total. The number of carbonyl (C=O) groups excluding carboxylic acids is 4. The molecule has 4 N–H and O–H groups in total. The van der Waals surface area contributed by atoms with Crippen LogP contribution < -0.4 is 10.6 Å². The number of alkyl carbamates (subject to hydrolysis) is 2. The van der Waals surface area contributed by atoms with Crippen LogP contribution in [0.1, 0.15) is 79.0 Å². The highest BCUT2D eigenvalue weighted by atomic mass is 16.5. The molecule has 2 saturated carbocycles. The number of piperidine rings is 2. The second kappa shape index (κ2) is 16.0. The van der Waals surface area contributed by atoms with Crippen LogP contribution in [0.25, 0.3) is 54.7 Å². The summed E-state index contributed by atoms with van der Waals surface area (Å²) in [5.41, 5.74) is 7.03. The second-order valence-corrected chi connectivity index (χ2v) is 18.5. The molecular formula is C53H48N8O6. The number of amides is 4. The molecule has 0 spiro atoms. The summed E-state index contributed by atoms with van der Waals surface area (Å²) in [4.78, 5) is 75.2. The molecule has 0 radical (unpaired) electrons. The normalized spacial score (nSPS) is 22.5. The van der Waals surface area contributed by atoms with Crippen molar-refractivity contribution in [2.75, 3.05) is 14.2 Å². The van der Waals surface area contributed by atoms with E-state index in [1.165, 1.54) is 14.2 Å². The molecule has 4 heterocycles. The average molecular weight is 893 g/mol. The standard InChI is InChI=1S/C53H48N8O6/c1-66-52(64)58-43(28-9-5-3-6-10-28)50(62)60-36-18-13-34(25-36)47(60)49-55-40-22-17-33-24-31(15-20-38(33)46(40)57-49)30-14-19-37-32(23-30)16-21-39-45(37)56-48(54-39)42-27-35-26-41(35)61(42)51(63)44(59-53(65)67-2)29-11-7-4-8-12-29/h3-12,14-17,19-24,34-36,41-44,47H,13,18,25-27H2,1-2H3,(H,54,56)(H,55,57)(H,58,64)(H,59,65)/t34?,35-,36-,41-,42+,43-,44-,47+/m1/s1. The Labute approximate surface area is 385 Å². The van der Waals surface area contributed by atoms with Gasteiger partial charge in [0, 0.05) is 22.9 Å². The predicted octanol–water partition coefficient (Wildman–Crippen LogP) is 9.32. The summed E-state index contributed by atoms with van der Waals surface area (Å²) in [6.45, 7) is 0. The first-order valence-electron chi connectivity index (χ1n) is 23.0. The first kappa shape index (κ1) is 40.7. The van der Waals surface area contributed by atoms with Crippen LogP contribution in [-0.2, 0) is 19.1 Å². The number of benzene rings is 6. The molecule has 6 aromatic carbocycles. The minimum absolute atomic E-state index is 0.0593. The minimum atomic E-state index is -0.889. The average Bonchev–Trinajstić information content (AvgIpc) is 3.96. The number of hydrogen-bond donors (Lipinski definition) is 4. The van der Waals surface area contributed by atoms with Crippen molar-refractivity contribution in [1.29, 1.82) is 0 Å². The number of hydrogen-bond acceptors (Lipinski definition) is 8. The smallest absolute Gasteiger partial charge is 0.407 e. The monoisotopic (exact) mass is 892 g/mol. The number of fused-ring (bicyclic) bond motifs is 9. The van der Waals surface area contributed by atoms with Gasteiger partial charge in [0.1, 0.15) is 23.7 Å². The molecule has 2 aromatic heterocycles.